The van der Waals surface area contributed by atoms with Gasteiger partial charge in [0, 0.05) is 19.2 Å². The lowest BCUT2D eigenvalue weighted by atomic mass is 9.72. The van der Waals surface area contributed by atoms with Gasteiger partial charge in [0.2, 0.25) is 0 Å². The number of hydrogen-bond acceptors (Lipinski definition) is 2. The van der Waals surface area contributed by atoms with Crippen LogP contribution in [0.25, 0.3) is 0 Å². The van der Waals surface area contributed by atoms with Crippen LogP contribution in [0.3, 0.4) is 0 Å². The molecule has 1 spiro atoms. The highest BCUT2D eigenvalue weighted by Gasteiger charge is 2.36. The van der Waals surface area contributed by atoms with Crippen molar-refractivity contribution < 1.29 is 13.6 Å². The summed E-state index contributed by atoms with van der Waals surface area (Å²) < 4.78 is 26.5. The van der Waals surface area contributed by atoms with Crippen molar-refractivity contribution in [3.05, 3.63) is 29.8 Å². The first-order valence-electron chi connectivity index (χ1n) is 7.80. The van der Waals surface area contributed by atoms with Crippen molar-refractivity contribution in [3.8, 4) is 0 Å². The molecule has 0 saturated carbocycles. The van der Waals surface area contributed by atoms with Gasteiger partial charge in [-0.15, -0.1) is 0 Å². The predicted octanol–water partition coefficient (Wildman–Crippen LogP) is 2.96. The molecule has 2 aliphatic rings. The van der Waals surface area contributed by atoms with Gasteiger partial charge in [-0.05, 0) is 56.3 Å². The van der Waals surface area contributed by atoms with Crippen LogP contribution >= 0.6 is 0 Å². The molecule has 120 valence electrons. The Bertz CT molecular complexity index is 548. The van der Waals surface area contributed by atoms with Crippen LogP contribution in [-0.4, -0.2) is 37.1 Å². The monoisotopic (exact) mass is 309 g/mol. The summed E-state index contributed by atoms with van der Waals surface area (Å²) in [6, 6.07) is 2.85. The number of amides is 2. The standard InChI is InChI=1S/C16H21F2N3O/c17-12-1-2-14(13(18)11-12)20-15(22)21-9-5-16(6-10-21)3-7-19-8-4-16/h1-2,11,19H,3-10H2,(H,20,22). The van der Waals surface area contributed by atoms with Crippen molar-refractivity contribution in [1.29, 1.82) is 0 Å². The summed E-state index contributed by atoms with van der Waals surface area (Å²) in [5, 5.41) is 5.90. The number of rotatable bonds is 1. The van der Waals surface area contributed by atoms with Gasteiger partial charge >= 0.3 is 6.03 Å². The minimum Gasteiger partial charge on any atom is -0.324 e. The van der Waals surface area contributed by atoms with Crippen molar-refractivity contribution in [2.24, 2.45) is 5.41 Å². The Labute approximate surface area is 128 Å². The molecule has 0 unspecified atom stereocenters. The number of urea groups is 1. The topological polar surface area (TPSA) is 44.4 Å². The number of hydrogen-bond donors (Lipinski definition) is 2. The van der Waals surface area contributed by atoms with E-state index in [4.69, 9.17) is 0 Å². The zero-order valence-corrected chi connectivity index (χ0v) is 12.5. The summed E-state index contributed by atoms with van der Waals surface area (Å²) in [5.41, 5.74) is 0.386. The summed E-state index contributed by atoms with van der Waals surface area (Å²) >= 11 is 0. The van der Waals surface area contributed by atoms with Gasteiger partial charge in [-0.25, -0.2) is 13.6 Å². The maximum absolute atomic E-state index is 13.6. The van der Waals surface area contributed by atoms with E-state index in [1.54, 1.807) is 4.90 Å². The van der Waals surface area contributed by atoms with Crippen LogP contribution in [0.2, 0.25) is 0 Å². The maximum Gasteiger partial charge on any atom is 0.321 e. The molecule has 0 atom stereocenters. The molecular formula is C16H21F2N3O. The molecule has 2 saturated heterocycles. The van der Waals surface area contributed by atoms with Crippen LogP contribution in [0.15, 0.2) is 18.2 Å². The molecule has 0 radical (unpaired) electrons. The van der Waals surface area contributed by atoms with Gasteiger partial charge in [-0.2, -0.15) is 0 Å². The average Bonchev–Trinajstić information content (AvgIpc) is 2.51. The molecule has 2 N–H and O–H groups in total. The maximum atomic E-state index is 13.6. The third-order valence-electron chi connectivity index (χ3n) is 4.95. The Kier molecular flexibility index (Phi) is 4.29. The number of anilines is 1. The third-order valence-corrected chi connectivity index (χ3v) is 4.95. The van der Waals surface area contributed by atoms with E-state index in [-0.39, 0.29) is 11.7 Å². The highest BCUT2D eigenvalue weighted by Crippen LogP contribution is 2.39. The molecular weight excluding hydrogens is 288 g/mol. The van der Waals surface area contributed by atoms with E-state index in [1.807, 2.05) is 0 Å². The predicted molar refractivity (Wildman–Crippen MR) is 80.7 cm³/mol. The molecule has 1 aromatic rings. The third kappa shape index (κ3) is 3.21. The van der Waals surface area contributed by atoms with E-state index in [2.05, 4.69) is 10.6 Å². The van der Waals surface area contributed by atoms with E-state index in [0.29, 0.717) is 18.5 Å². The fraction of sp³-hybridized carbons (Fsp3) is 0.562. The zero-order valence-electron chi connectivity index (χ0n) is 12.5. The molecule has 1 aromatic carbocycles. The van der Waals surface area contributed by atoms with Crippen LogP contribution in [-0.2, 0) is 0 Å². The molecule has 4 nitrogen and oxygen atoms in total. The van der Waals surface area contributed by atoms with Crippen LogP contribution < -0.4 is 10.6 Å². The van der Waals surface area contributed by atoms with Gasteiger partial charge < -0.3 is 15.5 Å². The van der Waals surface area contributed by atoms with E-state index in [9.17, 15) is 13.6 Å². The molecule has 2 heterocycles. The SMILES string of the molecule is O=C(Nc1ccc(F)cc1F)N1CCC2(CCNCC2)CC1. The highest BCUT2D eigenvalue weighted by molar-refractivity contribution is 5.89. The van der Waals surface area contributed by atoms with Gasteiger partial charge in [0.05, 0.1) is 5.69 Å². The fourth-order valence-corrected chi connectivity index (χ4v) is 3.43. The molecule has 2 amide bonds. The Hall–Kier alpha value is -1.69. The number of piperidine rings is 2. The number of carbonyl (C=O) groups excluding carboxylic acids is 1. The fourth-order valence-electron chi connectivity index (χ4n) is 3.43. The largest absolute Gasteiger partial charge is 0.324 e. The highest BCUT2D eigenvalue weighted by atomic mass is 19.1. The first-order valence-corrected chi connectivity index (χ1v) is 7.80. The van der Waals surface area contributed by atoms with E-state index >= 15 is 0 Å². The molecule has 0 bridgehead atoms. The Balaban J connectivity index is 1.57. The van der Waals surface area contributed by atoms with Crippen LogP contribution in [0, 0.1) is 17.0 Å². The van der Waals surface area contributed by atoms with Crippen molar-refractivity contribution >= 4 is 11.7 Å². The van der Waals surface area contributed by atoms with Crippen LogP contribution in [0.4, 0.5) is 19.3 Å². The molecule has 6 heteroatoms. The normalized spacial score (nSPS) is 20.9. The van der Waals surface area contributed by atoms with Gasteiger partial charge in [0.1, 0.15) is 11.6 Å². The number of nitrogens with zero attached hydrogens (tertiary/aromatic N) is 1. The summed E-state index contributed by atoms with van der Waals surface area (Å²) in [7, 11) is 0. The van der Waals surface area contributed by atoms with Crippen molar-refractivity contribution in [2.75, 3.05) is 31.5 Å². The van der Waals surface area contributed by atoms with E-state index < -0.39 is 11.6 Å². The first-order chi connectivity index (χ1) is 10.6. The Morgan fingerprint density at radius 3 is 2.45 bits per heavy atom. The number of carbonyl (C=O) groups is 1. The number of likely N-dealkylation sites (tertiary alicyclic amines) is 1. The summed E-state index contributed by atoms with van der Waals surface area (Å²) in [6.07, 6.45) is 4.31. The van der Waals surface area contributed by atoms with Gasteiger partial charge in [0.15, 0.2) is 0 Å². The van der Waals surface area contributed by atoms with Crippen LogP contribution in [0.1, 0.15) is 25.7 Å². The van der Waals surface area contributed by atoms with Gasteiger partial charge in [-0.3, -0.25) is 0 Å². The van der Waals surface area contributed by atoms with Crippen LogP contribution in [0.5, 0.6) is 0 Å². The van der Waals surface area contributed by atoms with Crippen molar-refractivity contribution in [1.82, 2.24) is 10.2 Å². The quantitative estimate of drug-likeness (QED) is 0.838. The van der Waals surface area contributed by atoms with Crippen molar-refractivity contribution in [3.63, 3.8) is 0 Å². The number of benzene rings is 1. The average molecular weight is 309 g/mol. The summed E-state index contributed by atoms with van der Waals surface area (Å²) in [6.45, 7) is 3.48. The molecule has 2 aliphatic heterocycles. The van der Waals surface area contributed by atoms with E-state index in [1.165, 1.54) is 6.07 Å². The summed E-state index contributed by atoms with van der Waals surface area (Å²) in [5.74, 6) is -1.40. The smallest absolute Gasteiger partial charge is 0.321 e. The lowest BCUT2D eigenvalue weighted by molar-refractivity contribution is 0.0915. The van der Waals surface area contributed by atoms with Crippen molar-refractivity contribution in [2.45, 2.75) is 25.7 Å². The second-order valence-corrected chi connectivity index (χ2v) is 6.29. The number of halogens is 2. The number of nitrogens with one attached hydrogen (secondary N) is 2. The minimum absolute atomic E-state index is 0.0218. The minimum atomic E-state index is -0.750. The van der Waals surface area contributed by atoms with Gasteiger partial charge in [0.25, 0.3) is 0 Å². The molecule has 3 rings (SSSR count). The molecule has 0 aromatic heterocycles. The molecule has 2 fully saturated rings. The second kappa shape index (κ2) is 6.20. The molecule has 22 heavy (non-hydrogen) atoms. The first kappa shape index (κ1) is 15.2. The zero-order chi connectivity index (χ0) is 15.6. The van der Waals surface area contributed by atoms with Gasteiger partial charge in [-0.1, -0.05) is 0 Å². The lowest BCUT2D eigenvalue weighted by Crippen LogP contribution is -2.48. The Morgan fingerprint density at radius 1 is 1.14 bits per heavy atom. The van der Waals surface area contributed by atoms with E-state index in [0.717, 1.165) is 50.9 Å². The second-order valence-electron chi connectivity index (χ2n) is 6.29. The molecule has 0 aliphatic carbocycles. The lowest BCUT2D eigenvalue weighted by Gasteiger charge is -2.44. The summed E-state index contributed by atoms with van der Waals surface area (Å²) in [4.78, 5) is 13.9. The Morgan fingerprint density at radius 2 is 1.82 bits per heavy atom.